The van der Waals surface area contributed by atoms with Crippen molar-refractivity contribution in [2.75, 3.05) is 58.8 Å². The van der Waals surface area contributed by atoms with Gasteiger partial charge in [0.2, 0.25) is 5.91 Å². The number of carbonyl (C=O) groups excluding carboxylic acids is 2. The van der Waals surface area contributed by atoms with Crippen LogP contribution in [0.3, 0.4) is 0 Å². The Hall–Kier alpha value is -1.67. The van der Waals surface area contributed by atoms with E-state index in [0.717, 1.165) is 18.7 Å². The maximum Gasteiger partial charge on any atom is 0.253 e. The number of amides is 2. The van der Waals surface area contributed by atoms with Crippen molar-refractivity contribution in [1.82, 2.24) is 14.7 Å². The van der Waals surface area contributed by atoms with Crippen LogP contribution >= 0.6 is 11.8 Å². The van der Waals surface area contributed by atoms with E-state index in [1.807, 2.05) is 25.3 Å². The van der Waals surface area contributed by atoms with Gasteiger partial charge in [0.25, 0.3) is 5.91 Å². The van der Waals surface area contributed by atoms with Crippen molar-refractivity contribution in [2.45, 2.75) is 0 Å². The highest BCUT2D eigenvalue weighted by Crippen LogP contribution is 2.43. The Labute approximate surface area is 162 Å². The second kappa shape index (κ2) is 7.75. The molecule has 2 heterocycles. The lowest BCUT2D eigenvalue weighted by Gasteiger charge is -2.32. The summed E-state index contributed by atoms with van der Waals surface area (Å²) >= 11 is 1.51. The third-order valence-electron chi connectivity index (χ3n) is 5.46. The van der Waals surface area contributed by atoms with E-state index in [1.54, 1.807) is 4.90 Å². The van der Waals surface area contributed by atoms with Gasteiger partial charge in [-0.1, -0.05) is 0 Å². The molecule has 0 saturated carbocycles. The highest BCUT2D eigenvalue weighted by atomic mass is 32.2. The zero-order chi connectivity index (χ0) is 19.8. The number of thioether (sulfide) groups is 1. The lowest BCUT2D eigenvalue weighted by Crippen LogP contribution is -2.44. The Morgan fingerprint density at radius 1 is 1.19 bits per heavy atom. The molecule has 0 N–H and O–H groups in total. The van der Waals surface area contributed by atoms with Gasteiger partial charge in [0.05, 0.1) is 5.75 Å². The van der Waals surface area contributed by atoms with Gasteiger partial charge in [0.1, 0.15) is 0 Å². The van der Waals surface area contributed by atoms with E-state index in [0.29, 0.717) is 31.9 Å². The van der Waals surface area contributed by atoms with Crippen molar-refractivity contribution in [3.8, 4) is 0 Å². The smallest absolute Gasteiger partial charge is 0.253 e. The first-order chi connectivity index (χ1) is 12.8. The van der Waals surface area contributed by atoms with Gasteiger partial charge in [-0.2, -0.15) is 11.8 Å². The van der Waals surface area contributed by atoms with Crippen LogP contribution in [-0.2, 0) is 4.79 Å². The lowest BCUT2D eigenvalue weighted by atomic mass is 9.80. The van der Waals surface area contributed by atoms with E-state index in [9.17, 15) is 18.4 Å². The summed E-state index contributed by atoms with van der Waals surface area (Å²) in [6.07, 6.45) is 1.91. The van der Waals surface area contributed by atoms with Crippen LogP contribution in [0.5, 0.6) is 0 Å². The quantitative estimate of drug-likeness (QED) is 0.760. The molecule has 3 rings (SSSR count). The fourth-order valence-corrected chi connectivity index (χ4v) is 4.83. The van der Waals surface area contributed by atoms with Crippen molar-refractivity contribution < 1.29 is 18.4 Å². The standard InChI is InChI=1S/C19H25F2N3O2S/c1-22(2)10-19-11-23(17(25)9-27-3)7-14(19)8-24(12-19)18(26)13-4-5-15(20)16(21)6-13/h4-6,14H,7-12H2,1-3H3. The van der Waals surface area contributed by atoms with Gasteiger partial charge in [0.15, 0.2) is 11.6 Å². The van der Waals surface area contributed by atoms with E-state index in [4.69, 9.17) is 0 Å². The van der Waals surface area contributed by atoms with Crippen LogP contribution in [0, 0.1) is 23.0 Å². The Balaban J connectivity index is 1.78. The first kappa shape index (κ1) is 20.1. The third kappa shape index (κ3) is 3.96. The first-order valence-electron chi connectivity index (χ1n) is 8.91. The van der Waals surface area contributed by atoms with Gasteiger partial charge in [-0.25, -0.2) is 8.78 Å². The van der Waals surface area contributed by atoms with E-state index >= 15 is 0 Å². The Morgan fingerprint density at radius 2 is 1.85 bits per heavy atom. The van der Waals surface area contributed by atoms with Crippen LogP contribution in [0.2, 0.25) is 0 Å². The summed E-state index contributed by atoms with van der Waals surface area (Å²) in [5.41, 5.74) is -0.0320. The molecule has 0 bridgehead atoms. The van der Waals surface area contributed by atoms with Gasteiger partial charge in [-0.15, -0.1) is 0 Å². The molecule has 0 aromatic heterocycles. The molecule has 2 unspecified atom stereocenters. The molecule has 1 aromatic carbocycles. The molecule has 27 heavy (non-hydrogen) atoms. The van der Waals surface area contributed by atoms with Crippen LogP contribution in [0.25, 0.3) is 0 Å². The predicted molar refractivity (Wildman–Crippen MR) is 102 cm³/mol. The summed E-state index contributed by atoms with van der Waals surface area (Å²) in [4.78, 5) is 30.9. The average molecular weight is 397 g/mol. The number of fused-ring (bicyclic) bond motifs is 1. The maximum absolute atomic E-state index is 13.5. The molecule has 8 heteroatoms. The van der Waals surface area contributed by atoms with Crippen LogP contribution in [-0.4, -0.2) is 85.3 Å². The number of carbonyl (C=O) groups is 2. The van der Waals surface area contributed by atoms with E-state index < -0.39 is 11.6 Å². The highest BCUT2D eigenvalue weighted by Gasteiger charge is 2.54. The number of hydrogen-bond acceptors (Lipinski definition) is 4. The fraction of sp³-hybridized carbons (Fsp3) is 0.579. The minimum absolute atomic E-state index is 0.133. The zero-order valence-corrected chi connectivity index (χ0v) is 16.7. The van der Waals surface area contributed by atoms with Crippen LogP contribution in [0.1, 0.15) is 10.4 Å². The second-order valence-corrected chi connectivity index (χ2v) is 8.68. The van der Waals surface area contributed by atoms with Crippen LogP contribution in [0.4, 0.5) is 8.78 Å². The van der Waals surface area contributed by atoms with Crippen molar-refractivity contribution >= 4 is 23.6 Å². The van der Waals surface area contributed by atoms with E-state index in [1.165, 1.54) is 17.8 Å². The normalized spacial score (nSPS) is 24.6. The molecule has 2 aliphatic heterocycles. The minimum atomic E-state index is -1.02. The van der Waals surface area contributed by atoms with Crippen molar-refractivity contribution in [3.05, 3.63) is 35.4 Å². The first-order valence-corrected chi connectivity index (χ1v) is 10.3. The summed E-state index contributed by atoms with van der Waals surface area (Å²) in [6.45, 7) is 3.05. The average Bonchev–Trinajstić information content (AvgIpc) is 3.10. The second-order valence-electron chi connectivity index (χ2n) is 7.82. The van der Waals surface area contributed by atoms with Crippen molar-refractivity contribution in [2.24, 2.45) is 11.3 Å². The Kier molecular flexibility index (Phi) is 5.76. The topological polar surface area (TPSA) is 43.9 Å². The van der Waals surface area contributed by atoms with Gasteiger partial charge in [-0.3, -0.25) is 9.59 Å². The molecule has 0 aliphatic carbocycles. The Bertz CT molecular complexity index is 746. The molecule has 2 atom stereocenters. The maximum atomic E-state index is 13.5. The number of nitrogens with zero attached hydrogens (tertiary/aromatic N) is 3. The fourth-order valence-electron chi connectivity index (χ4n) is 4.40. The third-order valence-corrected chi connectivity index (χ3v) is 6.00. The molecular formula is C19H25F2N3O2S. The molecule has 0 radical (unpaired) electrons. The number of likely N-dealkylation sites (tertiary alicyclic amines) is 2. The summed E-state index contributed by atoms with van der Waals surface area (Å²) in [5, 5.41) is 0. The molecular weight excluding hydrogens is 372 g/mol. The van der Waals surface area contributed by atoms with Crippen molar-refractivity contribution in [1.29, 1.82) is 0 Å². The molecule has 2 amide bonds. The molecule has 0 spiro atoms. The monoisotopic (exact) mass is 397 g/mol. The number of hydrogen-bond donors (Lipinski definition) is 0. The van der Waals surface area contributed by atoms with Crippen LogP contribution < -0.4 is 0 Å². The Morgan fingerprint density at radius 3 is 2.48 bits per heavy atom. The largest absolute Gasteiger partial charge is 0.341 e. The van der Waals surface area contributed by atoms with Gasteiger partial charge < -0.3 is 14.7 Å². The minimum Gasteiger partial charge on any atom is -0.341 e. The van der Waals surface area contributed by atoms with Gasteiger partial charge >= 0.3 is 0 Å². The van der Waals surface area contributed by atoms with Crippen LogP contribution in [0.15, 0.2) is 18.2 Å². The van der Waals surface area contributed by atoms with Gasteiger partial charge in [-0.05, 0) is 38.6 Å². The van der Waals surface area contributed by atoms with E-state index in [-0.39, 0.29) is 28.7 Å². The zero-order valence-electron chi connectivity index (χ0n) is 15.9. The number of halogens is 2. The lowest BCUT2D eigenvalue weighted by molar-refractivity contribution is -0.127. The van der Waals surface area contributed by atoms with E-state index in [2.05, 4.69) is 4.90 Å². The highest BCUT2D eigenvalue weighted by molar-refractivity contribution is 7.99. The SMILES string of the molecule is CSCC(=O)N1CC2CN(C(=O)c3ccc(F)c(F)c3)CC2(CN(C)C)C1. The summed E-state index contributed by atoms with van der Waals surface area (Å²) < 4.78 is 26.7. The molecule has 2 saturated heterocycles. The number of benzene rings is 1. The number of rotatable bonds is 5. The molecule has 1 aromatic rings. The molecule has 148 valence electrons. The van der Waals surface area contributed by atoms with Gasteiger partial charge in [0, 0.05) is 49.6 Å². The summed E-state index contributed by atoms with van der Waals surface area (Å²) in [6, 6.07) is 3.26. The predicted octanol–water partition coefficient (Wildman–Crippen LogP) is 1.79. The summed E-state index contributed by atoms with van der Waals surface area (Å²) in [7, 11) is 3.97. The molecule has 2 fully saturated rings. The summed E-state index contributed by atoms with van der Waals surface area (Å²) in [5.74, 6) is -1.49. The van der Waals surface area contributed by atoms with Crippen molar-refractivity contribution in [3.63, 3.8) is 0 Å². The molecule has 5 nitrogen and oxygen atoms in total. The molecule has 2 aliphatic rings.